The van der Waals surface area contributed by atoms with E-state index in [9.17, 15) is 9.50 Å². The van der Waals surface area contributed by atoms with Gasteiger partial charge in [-0.2, -0.15) is 0 Å². The fraction of sp³-hybridized carbons (Fsp3) is 0.225. The highest BCUT2D eigenvalue weighted by Crippen LogP contribution is 2.26. The monoisotopic (exact) mass is 641 g/mol. The SMILES string of the molecule is N=c1n(Cc2cccc(N3CCN(Cc4ccccc4-c4ccccc4)CC3)c2)c2ccccc2n1CC(O)COc1ccc(F)cc1. The number of aromatic nitrogens is 2. The Morgan fingerprint density at radius 1 is 0.708 bits per heavy atom. The highest BCUT2D eigenvalue weighted by molar-refractivity contribution is 5.76. The zero-order valence-corrected chi connectivity index (χ0v) is 26.9. The number of nitrogens with zero attached hydrogens (tertiary/aromatic N) is 4. The van der Waals surface area contributed by atoms with Crippen LogP contribution in [0.15, 0.2) is 127 Å². The molecule has 1 aliphatic rings. The molecule has 48 heavy (non-hydrogen) atoms. The maximum absolute atomic E-state index is 13.2. The fourth-order valence-corrected chi connectivity index (χ4v) is 6.62. The third-order valence-corrected chi connectivity index (χ3v) is 9.11. The predicted octanol–water partition coefficient (Wildman–Crippen LogP) is 6.54. The number of halogens is 1. The van der Waals surface area contributed by atoms with E-state index in [1.165, 1.54) is 46.6 Å². The van der Waals surface area contributed by atoms with Crippen LogP contribution in [0.3, 0.4) is 0 Å². The number of fused-ring (bicyclic) bond motifs is 1. The molecule has 0 spiro atoms. The van der Waals surface area contributed by atoms with Gasteiger partial charge in [0.25, 0.3) is 0 Å². The summed E-state index contributed by atoms with van der Waals surface area (Å²) in [7, 11) is 0. The van der Waals surface area contributed by atoms with Crippen LogP contribution in [0.1, 0.15) is 11.1 Å². The molecular formula is C40H40FN5O2. The first-order valence-corrected chi connectivity index (χ1v) is 16.5. The first-order valence-electron chi connectivity index (χ1n) is 16.5. The molecule has 0 bridgehead atoms. The number of hydrogen-bond acceptors (Lipinski definition) is 5. The van der Waals surface area contributed by atoms with Crippen LogP contribution in [0.4, 0.5) is 10.1 Å². The largest absolute Gasteiger partial charge is 0.491 e. The number of para-hydroxylation sites is 2. The Labute approximate surface area is 280 Å². The van der Waals surface area contributed by atoms with Gasteiger partial charge in [0, 0.05) is 38.4 Å². The maximum atomic E-state index is 13.2. The van der Waals surface area contributed by atoms with Crippen LogP contribution in [0, 0.1) is 11.2 Å². The first-order chi connectivity index (χ1) is 23.5. The highest BCUT2D eigenvalue weighted by Gasteiger charge is 2.20. The number of imidazole rings is 1. The molecule has 7 rings (SSSR count). The summed E-state index contributed by atoms with van der Waals surface area (Å²) in [5, 5.41) is 19.9. The van der Waals surface area contributed by atoms with Crippen LogP contribution in [-0.2, 0) is 19.6 Å². The molecule has 1 unspecified atom stereocenters. The van der Waals surface area contributed by atoms with Crippen LogP contribution in [0.5, 0.6) is 5.75 Å². The van der Waals surface area contributed by atoms with Crippen molar-refractivity contribution in [2.45, 2.75) is 25.7 Å². The molecule has 1 aromatic heterocycles. The van der Waals surface area contributed by atoms with Crippen molar-refractivity contribution in [3.63, 3.8) is 0 Å². The number of anilines is 1. The molecule has 8 heteroatoms. The number of aliphatic hydroxyl groups is 1. The molecule has 1 saturated heterocycles. The molecular weight excluding hydrogens is 601 g/mol. The molecule has 0 radical (unpaired) electrons. The Hall–Kier alpha value is -5.18. The summed E-state index contributed by atoms with van der Waals surface area (Å²) in [6.07, 6.45) is -0.850. The lowest BCUT2D eigenvalue weighted by molar-refractivity contribution is 0.0921. The Kier molecular flexibility index (Phi) is 9.36. The molecule has 244 valence electrons. The summed E-state index contributed by atoms with van der Waals surface area (Å²) < 4.78 is 22.7. The number of nitrogens with one attached hydrogen (secondary N) is 1. The van der Waals surface area contributed by atoms with Crippen molar-refractivity contribution >= 4 is 16.7 Å². The summed E-state index contributed by atoms with van der Waals surface area (Å²) in [6, 6.07) is 41.6. The number of hydrogen-bond donors (Lipinski definition) is 2. The van der Waals surface area contributed by atoms with Crippen molar-refractivity contribution < 1.29 is 14.2 Å². The van der Waals surface area contributed by atoms with Crippen LogP contribution in [0.25, 0.3) is 22.2 Å². The second kappa shape index (κ2) is 14.3. The van der Waals surface area contributed by atoms with Crippen molar-refractivity contribution in [2.24, 2.45) is 0 Å². The lowest BCUT2D eigenvalue weighted by Gasteiger charge is -2.36. The first kappa shape index (κ1) is 31.4. The van der Waals surface area contributed by atoms with Gasteiger partial charge < -0.3 is 23.9 Å². The van der Waals surface area contributed by atoms with E-state index in [1.807, 2.05) is 33.4 Å². The number of rotatable bonds is 11. The second-order valence-corrected chi connectivity index (χ2v) is 12.4. The van der Waals surface area contributed by atoms with Crippen LogP contribution >= 0.6 is 0 Å². The van der Waals surface area contributed by atoms with Gasteiger partial charge in [0.1, 0.15) is 24.3 Å². The van der Waals surface area contributed by atoms with Gasteiger partial charge in [-0.05, 0) is 70.8 Å². The van der Waals surface area contributed by atoms with Crippen LogP contribution in [0.2, 0.25) is 0 Å². The third-order valence-electron chi connectivity index (χ3n) is 9.11. The minimum Gasteiger partial charge on any atom is -0.491 e. The van der Waals surface area contributed by atoms with Gasteiger partial charge in [0.2, 0.25) is 5.62 Å². The average molecular weight is 642 g/mol. The summed E-state index contributed by atoms with van der Waals surface area (Å²) >= 11 is 0. The molecule has 1 aliphatic heterocycles. The van der Waals surface area contributed by atoms with Crippen molar-refractivity contribution in [1.29, 1.82) is 5.41 Å². The molecule has 1 atom stereocenters. The molecule has 0 saturated carbocycles. The highest BCUT2D eigenvalue weighted by atomic mass is 19.1. The lowest BCUT2D eigenvalue weighted by Crippen LogP contribution is -2.46. The van der Waals surface area contributed by atoms with Crippen molar-refractivity contribution in [3.05, 3.63) is 150 Å². The normalized spacial score (nSPS) is 14.3. The molecule has 1 fully saturated rings. The zero-order chi connectivity index (χ0) is 32.9. The van der Waals surface area contributed by atoms with E-state index < -0.39 is 6.10 Å². The third kappa shape index (κ3) is 7.05. The van der Waals surface area contributed by atoms with Crippen molar-refractivity contribution in [2.75, 3.05) is 37.7 Å². The average Bonchev–Trinajstić information content (AvgIpc) is 3.38. The van der Waals surface area contributed by atoms with Gasteiger partial charge in [-0.1, -0.05) is 78.9 Å². The van der Waals surface area contributed by atoms with Crippen LogP contribution in [-0.4, -0.2) is 58.0 Å². The van der Waals surface area contributed by atoms with Gasteiger partial charge in [-0.15, -0.1) is 0 Å². The van der Waals surface area contributed by atoms with Crippen molar-refractivity contribution in [3.8, 4) is 16.9 Å². The van der Waals surface area contributed by atoms with Crippen LogP contribution < -0.4 is 15.3 Å². The summed E-state index contributed by atoms with van der Waals surface area (Å²) in [6.45, 7) is 5.58. The molecule has 0 amide bonds. The van der Waals surface area contributed by atoms with Gasteiger partial charge in [0.15, 0.2) is 0 Å². The zero-order valence-electron chi connectivity index (χ0n) is 26.9. The second-order valence-electron chi connectivity index (χ2n) is 12.4. The Balaban J connectivity index is 1.02. The predicted molar refractivity (Wildman–Crippen MR) is 189 cm³/mol. The van der Waals surface area contributed by atoms with E-state index in [4.69, 9.17) is 10.1 Å². The van der Waals surface area contributed by atoms with E-state index in [1.54, 1.807) is 0 Å². The smallest absolute Gasteiger partial charge is 0.203 e. The number of piperazine rings is 1. The Morgan fingerprint density at radius 3 is 2.17 bits per heavy atom. The standard InChI is InChI=1S/C40H40FN5O2/c41-33-17-19-36(20-18-33)48-29-35(47)28-46-39-16-7-6-15-38(39)45(40(46)42)26-30-9-8-13-34(25-30)44-23-21-43(22-24-44)27-32-12-4-5-14-37(32)31-10-2-1-3-11-31/h1-20,25,35,42,47H,21-24,26-29H2. The number of aliphatic hydroxyl groups excluding tert-OH is 1. The van der Waals surface area contributed by atoms with Crippen molar-refractivity contribution in [1.82, 2.24) is 14.0 Å². The Morgan fingerprint density at radius 2 is 1.40 bits per heavy atom. The summed E-state index contributed by atoms with van der Waals surface area (Å²) in [4.78, 5) is 4.99. The molecule has 2 heterocycles. The van der Waals surface area contributed by atoms with E-state index in [0.29, 0.717) is 17.9 Å². The van der Waals surface area contributed by atoms with E-state index in [2.05, 4.69) is 88.7 Å². The minimum absolute atomic E-state index is 0.0342. The molecule has 2 N–H and O–H groups in total. The van der Waals surface area contributed by atoms with Gasteiger partial charge in [-0.3, -0.25) is 10.3 Å². The molecule has 6 aromatic rings. The quantitative estimate of drug-likeness (QED) is 0.169. The molecule has 7 nitrogen and oxygen atoms in total. The molecule has 5 aromatic carbocycles. The van der Waals surface area contributed by atoms with E-state index in [0.717, 1.165) is 49.3 Å². The van der Waals surface area contributed by atoms with E-state index >= 15 is 0 Å². The number of benzene rings is 5. The number of ether oxygens (including phenoxy) is 1. The van der Waals surface area contributed by atoms with E-state index in [-0.39, 0.29) is 19.0 Å². The summed E-state index contributed by atoms with van der Waals surface area (Å²) in [5.41, 5.74) is 8.35. The fourth-order valence-electron chi connectivity index (χ4n) is 6.62. The van der Waals surface area contributed by atoms with Gasteiger partial charge in [0.05, 0.1) is 24.1 Å². The summed E-state index contributed by atoms with van der Waals surface area (Å²) in [5.74, 6) is 0.151. The maximum Gasteiger partial charge on any atom is 0.203 e. The topological polar surface area (TPSA) is 69.7 Å². The lowest BCUT2D eigenvalue weighted by atomic mass is 9.99. The minimum atomic E-state index is -0.850. The molecule has 0 aliphatic carbocycles. The Bertz CT molecular complexity index is 2030. The van der Waals surface area contributed by atoms with Gasteiger partial charge >= 0.3 is 0 Å². The van der Waals surface area contributed by atoms with Gasteiger partial charge in [-0.25, -0.2) is 4.39 Å².